The second kappa shape index (κ2) is 8.77. The van der Waals surface area contributed by atoms with Gasteiger partial charge in [0.1, 0.15) is 0 Å². The fourth-order valence-electron chi connectivity index (χ4n) is 4.14. The summed E-state index contributed by atoms with van der Waals surface area (Å²) in [6.45, 7) is 0. The molecule has 2 aliphatic carbocycles. The quantitative estimate of drug-likeness (QED) is 0.592. The average Bonchev–Trinajstić information content (AvgIpc) is 2.81. The van der Waals surface area contributed by atoms with Gasteiger partial charge in [-0.15, -0.1) is 0 Å². The van der Waals surface area contributed by atoms with E-state index in [2.05, 4.69) is 15.3 Å². The highest BCUT2D eigenvalue weighted by molar-refractivity contribution is 5.93. The summed E-state index contributed by atoms with van der Waals surface area (Å²) in [6.07, 6.45) is 9.76. The third-order valence-electron chi connectivity index (χ3n) is 5.65. The third-order valence-corrected chi connectivity index (χ3v) is 5.65. The van der Waals surface area contributed by atoms with E-state index in [4.69, 9.17) is 5.73 Å². The molecule has 5 N–H and O–H groups in total. The lowest BCUT2D eigenvalue weighted by atomic mass is 9.92. The summed E-state index contributed by atoms with van der Waals surface area (Å²) in [5, 5.41) is 23.0. The molecule has 3 rings (SSSR count). The maximum Gasteiger partial charge on any atom is 0.252 e. The SMILES string of the molecule is NC(=O)c1cnc(NC2CCC(O)CC2)nc1C[C@@H]1CCCC[C@H](O)C1. The van der Waals surface area contributed by atoms with Gasteiger partial charge in [0.15, 0.2) is 0 Å². The Morgan fingerprint density at radius 1 is 1.12 bits per heavy atom. The molecule has 0 unspecified atom stereocenters. The smallest absolute Gasteiger partial charge is 0.252 e. The van der Waals surface area contributed by atoms with Gasteiger partial charge >= 0.3 is 0 Å². The van der Waals surface area contributed by atoms with E-state index in [0.29, 0.717) is 29.5 Å². The maximum atomic E-state index is 11.8. The lowest BCUT2D eigenvalue weighted by molar-refractivity contribution is 0.0998. The van der Waals surface area contributed by atoms with Gasteiger partial charge < -0.3 is 21.3 Å². The zero-order chi connectivity index (χ0) is 18.5. The number of anilines is 1. The van der Waals surface area contributed by atoms with E-state index < -0.39 is 5.91 Å². The number of nitrogens with zero attached hydrogens (tertiary/aromatic N) is 2. The Hall–Kier alpha value is -1.73. The predicted molar refractivity (Wildman–Crippen MR) is 98.7 cm³/mol. The van der Waals surface area contributed by atoms with Crippen LogP contribution in [0.2, 0.25) is 0 Å². The summed E-state index contributed by atoms with van der Waals surface area (Å²) in [5.74, 6) is 0.306. The van der Waals surface area contributed by atoms with Crippen LogP contribution in [0.5, 0.6) is 0 Å². The van der Waals surface area contributed by atoms with Crippen LogP contribution in [0.15, 0.2) is 6.20 Å². The van der Waals surface area contributed by atoms with E-state index in [1.807, 2.05) is 0 Å². The Kier molecular flexibility index (Phi) is 6.43. The number of aromatic nitrogens is 2. The summed E-state index contributed by atoms with van der Waals surface area (Å²) in [7, 11) is 0. The molecular formula is C19H30N4O3. The number of rotatable bonds is 5. The molecule has 1 aromatic rings. The van der Waals surface area contributed by atoms with Crippen molar-refractivity contribution in [2.45, 2.75) is 82.5 Å². The molecule has 0 spiro atoms. The first-order valence-corrected chi connectivity index (χ1v) is 9.79. The molecule has 2 saturated carbocycles. The molecule has 1 amide bonds. The Morgan fingerprint density at radius 3 is 2.58 bits per heavy atom. The molecule has 26 heavy (non-hydrogen) atoms. The van der Waals surface area contributed by atoms with Crippen molar-refractivity contribution >= 4 is 11.9 Å². The van der Waals surface area contributed by atoms with E-state index in [0.717, 1.165) is 57.8 Å². The van der Waals surface area contributed by atoms with Crippen molar-refractivity contribution in [3.8, 4) is 0 Å². The molecule has 7 heteroatoms. The lowest BCUT2D eigenvalue weighted by Crippen LogP contribution is -2.29. The van der Waals surface area contributed by atoms with Crippen LogP contribution in [0.1, 0.15) is 73.8 Å². The molecule has 2 fully saturated rings. The molecule has 2 aliphatic rings. The van der Waals surface area contributed by atoms with Crippen LogP contribution in [0.25, 0.3) is 0 Å². The number of nitrogens with two attached hydrogens (primary N) is 1. The summed E-state index contributed by atoms with van der Waals surface area (Å²) >= 11 is 0. The van der Waals surface area contributed by atoms with Crippen molar-refractivity contribution in [3.05, 3.63) is 17.5 Å². The van der Waals surface area contributed by atoms with Crippen molar-refractivity contribution in [1.29, 1.82) is 0 Å². The van der Waals surface area contributed by atoms with Gasteiger partial charge in [-0.05, 0) is 57.3 Å². The van der Waals surface area contributed by atoms with Crippen LogP contribution in [0, 0.1) is 5.92 Å². The minimum atomic E-state index is -0.512. The molecule has 7 nitrogen and oxygen atoms in total. The van der Waals surface area contributed by atoms with E-state index in [1.165, 1.54) is 6.20 Å². The van der Waals surface area contributed by atoms with Gasteiger partial charge in [-0.2, -0.15) is 0 Å². The van der Waals surface area contributed by atoms with Crippen LogP contribution < -0.4 is 11.1 Å². The van der Waals surface area contributed by atoms with Gasteiger partial charge in [0.25, 0.3) is 5.91 Å². The molecule has 1 heterocycles. The van der Waals surface area contributed by atoms with Gasteiger partial charge in [0, 0.05) is 12.2 Å². The molecule has 0 saturated heterocycles. The van der Waals surface area contributed by atoms with Gasteiger partial charge in [0.2, 0.25) is 5.95 Å². The second-order valence-corrected chi connectivity index (χ2v) is 7.81. The van der Waals surface area contributed by atoms with Crippen molar-refractivity contribution in [1.82, 2.24) is 9.97 Å². The normalized spacial score (nSPS) is 29.8. The standard InChI is InChI=1S/C19H30N4O3/c20-18(26)16-11-21-19(22-13-5-7-14(24)8-6-13)23-17(16)10-12-3-1-2-4-15(25)9-12/h11-15,24-25H,1-10H2,(H2,20,26)(H,21,22,23)/t12-,13?,14?,15+/m1/s1. The van der Waals surface area contributed by atoms with Crippen molar-refractivity contribution in [2.24, 2.45) is 11.7 Å². The van der Waals surface area contributed by atoms with E-state index in [-0.39, 0.29) is 18.2 Å². The van der Waals surface area contributed by atoms with Crippen LogP contribution in [-0.4, -0.2) is 44.3 Å². The monoisotopic (exact) mass is 362 g/mol. The van der Waals surface area contributed by atoms with Crippen LogP contribution in [0.3, 0.4) is 0 Å². The molecule has 144 valence electrons. The van der Waals surface area contributed by atoms with Gasteiger partial charge in [-0.25, -0.2) is 9.97 Å². The minimum absolute atomic E-state index is 0.205. The number of nitrogens with one attached hydrogen (secondary N) is 1. The number of aliphatic hydroxyl groups is 2. The zero-order valence-electron chi connectivity index (χ0n) is 15.2. The highest BCUT2D eigenvalue weighted by atomic mass is 16.3. The first-order valence-electron chi connectivity index (χ1n) is 9.79. The lowest BCUT2D eigenvalue weighted by Gasteiger charge is -2.26. The van der Waals surface area contributed by atoms with Crippen molar-refractivity contribution in [2.75, 3.05) is 5.32 Å². The van der Waals surface area contributed by atoms with Crippen LogP contribution in [0.4, 0.5) is 5.95 Å². The number of primary amides is 1. The van der Waals surface area contributed by atoms with Gasteiger partial charge in [0.05, 0.1) is 23.5 Å². The number of hydrogen-bond donors (Lipinski definition) is 4. The topological polar surface area (TPSA) is 121 Å². The zero-order valence-corrected chi connectivity index (χ0v) is 15.2. The Balaban J connectivity index is 1.72. The Morgan fingerprint density at radius 2 is 1.85 bits per heavy atom. The highest BCUT2D eigenvalue weighted by Gasteiger charge is 2.23. The molecule has 0 aromatic carbocycles. The summed E-state index contributed by atoms with van der Waals surface area (Å²) in [5.41, 5.74) is 6.55. The molecule has 0 radical (unpaired) electrons. The summed E-state index contributed by atoms with van der Waals surface area (Å²) in [6, 6.07) is 0.241. The number of carbonyl (C=O) groups is 1. The van der Waals surface area contributed by atoms with E-state index in [9.17, 15) is 15.0 Å². The molecule has 2 atom stereocenters. The van der Waals surface area contributed by atoms with E-state index >= 15 is 0 Å². The summed E-state index contributed by atoms with van der Waals surface area (Å²) in [4.78, 5) is 20.6. The fraction of sp³-hybridized carbons (Fsp3) is 0.737. The molecule has 0 bridgehead atoms. The summed E-state index contributed by atoms with van der Waals surface area (Å²) < 4.78 is 0. The predicted octanol–water partition coefficient (Wildman–Crippen LogP) is 1.77. The van der Waals surface area contributed by atoms with E-state index in [1.54, 1.807) is 0 Å². The number of amides is 1. The Labute approximate surface area is 154 Å². The number of hydrogen-bond acceptors (Lipinski definition) is 6. The van der Waals surface area contributed by atoms with Gasteiger partial charge in [-0.3, -0.25) is 4.79 Å². The van der Waals surface area contributed by atoms with Crippen molar-refractivity contribution in [3.63, 3.8) is 0 Å². The first kappa shape index (κ1) is 19.0. The van der Waals surface area contributed by atoms with Crippen LogP contribution >= 0.6 is 0 Å². The third kappa shape index (κ3) is 5.14. The van der Waals surface area contributed by atoms with Crippen molar-refractivity contribution < 1.29 is 15.0 Å². The maximum absolute atomic E-state index is 11.8. The molecule has 1 aromatic heterocycles. The van der Waals surface area contributed by atoms with Crippen LogP contribution in [-0.2, 0) is 6.42 Å². The average molecular weight is 362 g/mol. The number of aliphatic hydroxyl groups excluding tert-OH is 2. The molecular weight excluding hydrogens is 332 g/mol. The fourth-order valence-corrected chi connectivity index (χ4v) is 4.14. The minimum Gasteiger partial charge on any atom is -0.393 e. The first-order chi connectivity index (χ1) is 12.5. The highest BCUT2D eigenvalue weighted by Crippen LogP contribution is 2.27. The Bertz CT molecular complexity index is 617. The largest absolute Gasteiger partial charge is 0.393 e. The molecule has 0 aliphatic heterocycles. The van der Waals surface area contributed by atoms with Gasteiger partial charge in [-0.1, -0.05) is 12.8 Å². The number of carbonyl (C=O) groups excluding carboxylic acids is 1. The second-order valence-electron chi connectivity index (χ2n) is 7.81.